The van der Waals surface area contributed by atoms with Crippen LogP contribution in [0.15, 0.2) is 52.3 Å². The zero-order valence-corrected chi connectivity index (χ0v) is 18.6. The molecule has 0 aliphatic heterocycles. The summed E-state index contributed by atoms with van der Waals surface area (Å²) in [5, 5.41) is 5.18. The number of benzene rings is 2. The fraction of sp³-hybridized carbons (Fsp3) is 0. The highest BCUT2D eigenvalue weighted by Crippen LogP contribution is 2.27. The van der Waals surface area contributed by atoms with Crippen LogP contribution >= 0.6 is 0 Å². The van der Waals surface area contributed by atoms with Crippen LogP contribution in [-0.4, -0.2) is 49.3 Å². The van der Waals surface area contributed by atoms with Gasteiger partial charge in [-0.2, -0.15) is 31.8 Å². The van der Waals surface area contributed by atoms with Gasteiger partial charge in [-0.3, -0.25) is 13.8 Å². The van der Waals surface area contributed by atoms with Crippen molar-refractivity contribution < 1.29 is 34.4 Å². The molecule has 2 aromatic carbocycles. The minimum Gasteiger partial charge on any atom is -0.368 e. The number of hydrogen-bond donors (Lipinski definition) is 7. The lowest BCUT2D eigenvalue weighted by Gasteiger charge is -2.12. The molecule has 0 bridgehead atoms. The molecule has 18 heteroatoms. The second kappa shape index (κ2) is 9.11. The third-order valence-electron chi connectivity index (χ3n) is 3.79. The summed E-state index contributed by atoms with van der Waals surface area (Å²) in [6.07, 6.45) is 0. The average molecular weight is 518 g/mol. The Hall–Kier alpha value is -3.58. The van der Waals surface area contributed by atoms with E-state index in [1.54, 1.807) is 0 Å². The third-order valence-corrected chi connectivity index (χ3v) is 5.99. The summed E-state index contributed by atoms with van der Waals surface area (Å²) < 4.78 is 88.3. The molecule has 0 amide bonds. The highest BCUT2D eigenvalue weighted by Gasteiger charge is 2.21. The van der Waals surface area contributed by atoms with Crippen LogP contribution in [0.4, 0.5) is 34.9 Å². The van der Waals surface area contributed by atoms with E-state index >= 15 is 0 Å². The van der Waals surface area contributed by atoms with E-state index in [9.17, 15) is 34.4 Å². The first kappa shape index (κ1) is 24.1. The number of nitrogens with two attached hydrogens (primary N) is 1. The quantitative estimate of drug-likeness (QED) is 0.158. The van der Waals surface area contributed by atoms with Crippen molar-refractivity contribution in [3.8, 4) is 0 Å². The summed E-state index contributed by atoms with van der Waals surface area (Å²) in [6.45, 7) is 0. The molecule has 0 atom stereocenters. The van der Waals surface area contributed by atoms with E-state index in [-0.39, 0.29) is 17.8 Å². The molecule has 0 radical (unpaired) electrons. The molecule has 3 aromatic rings. The van der Waals surface area contributed by atoms with Crippen LogP contribution in [-0.2, 0) is 31.1 Å². The molecule has 176 valence electrons. The average Bonchev–Trinajstić information content (AvgIpc) is 2.67. The molecule has 3 rings (SSSR count). The SMILES string of the molecule is Nc1nc(Nc2ccc(N[SH](=O)=O)cc2)nc(Nc2cc(S(=O)(=O)O)ccc2S(=O)(=O)O)n1. The van der Waals surface area contributed by atoms with Gasteiger partial charge in [0.25, 0.3) is 20.2 Å². The van der Waals surface area contributed by atoms with Crippen LogP contribution in [0.1, 0.15) is 0 Å². The molecule has 1 heterocycles. The first-order valence-corrected chi connectivity index (χ1v) is 12.5. The van der Waals surface area contributed by atoms with Crippen molar-refractivity contribution >= 4 is 66.0 Å². The molecule has 33 heavy (non-hydrogen) atoms. The van der Waals surface area contributed by atoms with Gasteiger partial charge in [-0.05, 0) is 42.5 Å². The minimum atomic E-state index is -4.80. The summed E-state index contributed by atoms with van der Waals surface area (Å²) in [6, 6.07) is 8.20. The molecule has 0 saturated heterocycles. The largest absolute Gasteiger partial charge is 0.368 e. The molecule has 0 unspecified atom stereocenters. The van der Waals surface area contributed by atoms with Crippen LogP contribution in [0.5, 0.6) is 0 Å². The number of nitrogens with one attached hydrogen (secondary N) is 3. The Morgan fingerprint density at radius 2 is 1.36 bits per heavy atom. The van der Waals surface area contributed by atoms with E-state index in [0.717, 1.165) is 18.2 Å². The summed E-state index contributed by atoms with van der Waals surface area (Å²) in [7, 11) is -12.3. The van der Waals surface area contributed by atoms with Gasteiger partial charge < -0.3 is 16.4 Å². The highest BCUT2D eigenvalue weighted by molar-refractivity contribution is 7.86. The number of anilines is 6. The lowest BCUT2D eigenvalue weighted by Crippen LogP contribution is -2.10. The third kappa shape index (κ3) is 6.46. The Balaban J connectivity index is 1.94. The summed E-state index contributed by atoms with van der Waals surface area (Å²) in [4.78, 5) is 10.2. The second-order valence-electron chi connectivity index (χ2n) is 6.15. The van der Waals surface area contributed by atoms with Gasteiger partial charge in [0, 0.05) is 11.4 Å². The topological polar surface area (TPSA) is 244 Å². The van der Waals surface area contributed by atoms with E-state index in [4.69, 9.17) is 5.73 Å². The highest BCUT2D eigenvalue weighted by atomic mass is 32.2. The summed E-state index contributed by atoms with van der Waals surface area (Å²) >= 11 is 0. The van der Waals surface area contributed by atoms with Crippen molar-refractivity contribution in [2.45, 2.75) is 9.79 Å². The van der Waals surface area contributed by atoms with Crippen molar-refractivity contribution in [3.05, 3.63) is 42.5 Å². The predicted octanol–water partition coefficient (Wildman–Crippen LogP) is 0.373. The van der Waals surface area contributed by atoms with E-state index in [1.165, 1.54) is 24.3 Å². The zero-order chi connectivity index (χ0) is 24.4. The van der Waals surface area contributed by atoms with E-state index in [1.807, 2.05) is 0 Å². The van der Waals surface area contributed by atoms with Gasteiger partial charge in [0.1, 0.15) is 4.90 Å². The first-order valence-electron chi connectivity index (χ1n) is 8.47. The van der Waals surface area contributed by atoms with Crippen LogP contribution < -0.4 is 21.1 Å². The van der Waals surface area contributed by atoms with Crippen LogP contribution in [0.3, 0.4) is 0 Å². The van der Waals surface area contributed by atoms with E-state index in [0.29, 0.717) is 11.4 Å². The molecular weight excluding hydrogens is 502 g/mol. The number of rotatable bonds is 8. The molecule has 0 aliphatic carbocycles. The van der Waals surface area contributed by atoms with Gasteiger partial charge in [-0.15, -0.1) is 0 Å². The van der Waals surface area contributed by atoms with Crippen molar-refractivity contribution in [1.82, 2.24) is 15.0 Å². The van der Waals surface area contributed by atoms with E-state index in [2.05, 4.69) is 30.3 Å². The van der Waals surface area contributed by atoms with Gasteiger partial charge >= 0.3 is 0 Å². The fourth-order valence-electron chi connectivity index (χ4n) is 2.48. The molecule has 0 fully saturated rings. The first-order chi connectivity index (χ1) is 15.3. The maximum absolute atomic E-state index is 11.6. The number of nitrogens with zero attached hydrogens (tertiary/aromatic N) is 3. The molecular formula is C15H15N7O8S3. The Kier molecular flexibility index (Phi) is 6.65. The number of aromatic nitrogens is 3. The maximum Gasteiger partial charge on any atom is 0.296 e. The van der Waals surface area contributed by atoms with Gasteiger partial charge in [0.05, 0.1) is 10.6 Å². The van der Waals surface area contributed by atoms with Crippen molar-refractivity contribution in [2.24, 2.45) is 0 Å². The summed E-state index contributed by atoms with van der Waals surface area (Å²) in [5.41, 5.74) is 5.91. The van der Waals surface area contributed by atoms with Crippen molar-refractivity contribution in [2.75, 3.05) is 21.1 Å². The van der Waals surface area contributed by atoms with Crippen molar-refractivity contribution in [3.63, 3.8) is 0 Å². The molecule has 7 N–H and O–H groups in total. The smallest absolute Gasteiger partial charge is 0.296 e. The molecule has 0 aliphatic rings. The molecule has 0 spiro atoms. The van der Waals surface area contributed by atoms with Crippen molar-refractivity contribution in [1.29, 1.82) is 0 Å². The molecule has 1 aromatic heterocycles. The number of nitrogen functional groups attached to an aromatic ring is 1. The van der Waals surface area contributed by atoms with Gasteiger partial charge in [0.15, 0.2) is 0 Å². The maximum atomic E-state index is 11.6. The monoisotopic (exact) mass is 517 g/mol. The lowest BCUT2D eigenvalue weighted by atomic mass is 10.3. The standard InChI is InChI=1S/C15H15N7O8S3/c16-13-19-14(17-8-1-3-9(4-2-8)22-31(23)24)21-15(20-13)18-11-7-10(32(25,26)27)5-6-12(11)33(28,29)30/h1-7,31H,(H,22,23,24)(H,25,26,27)(H,28,29,30)(H4,16,17,18,19,20,21). The minimum absolute atomic E-state index is 0.111. The summed E-state index contributed by atoms with van der Waals surface area (Å²) in [5.74, 6) is -0.750. The lowest BCUT2D eigenvalue weighted by molar-refractivity contribution is 0.479. The molecule has 0 saturated carbocycles. The van der Waals surface area contributed by atoms with Crippen LogP contribution in [0, 0.1) is 0 Å². The number of thiol groups is 1. The number of hydrogen-bond acceptors (Lipinski definition) is 12. The Bertz CT molecular complexity index is 1480. The van der Waals surface area contributed by atoms with E-state index < -0.39 is 46.6 Å². The zero-order valence-electron chi connectivity index (χ0n) is 16.1. The molecule has 15 nitrogen and oxygen atoms in total. The second-order valence-corrected chi connectivity index (χ2v) is 9.69. The normalized spacial score (nSPS) is 11.8. The Morgan fingerprint density at radius 1 is 0.788 bits per heavy atom. The van der Waals surface area contributed by atoms with Gasteiger partial charge in [-0.25, -0.2) is 8.42 Å². The Labute approximate surface area is 188 Å². The van der Waals surface area contributed by atoms with Crippen LogP contribution in [0.2, 0.25) is 0 Å². The van der Waals surface area contributed by atoms with Gasteiger partial charge in [-0.1, -0.05) is 0 Å². The predicted molar refractivity (Wildman–Crippen MR) is 117 cm³/mol. The Morgan fingerprint density at radius 3 is 1.91 bits per heavy atom. The van der Waals surface area contributed by atoms with Crippen LogP contribution in [0.25, 0.3) is 0 Å². The van der Waals surface area contributed by atoms with Gasteiger partial charge in [0.2, 0.25) is 28.7 Å². The fourth-order valence-corrected chi connectivity index (χ4v) is 3.97.